The number of aryl methyl sites for hydroxylation is 2. The number of thiophene rings is 1. The van der Waals surface area contributed by atoms with Crippen molar-refractivity contribution in [2.45, 2.75) is 64.5 Å². The van der Waals surface area contributed by atoms with Gasteiger partial charge in [-0.05, 0) is 105 Å². The van der Waals surface area contributed by atoms with Crippen LogP contribution in [0, 0.1) is 31.6 Å². The maximum absolute atomic E-state index is 13.0. The highest BCUT2D eigenvalue weighted by Crippen LogP contribution is 2.55. The molecule has 4 bridgehead atoms. The molecule has 4 saturated carbocycles. The van der Waals surface area contributed by atoms with Gasteiger partial charge in [-0.15, -0.1) is 11.3 Å². The number of nitrogens with one attached hydrogen (secondary N) is 1. The summed E-state index contributed by atoms with van der Waals surface area (Å²) in [4.78, 5) is 13.8. The molecule has 1 heterocycles. The van der Waals surface area contributed by atoms with Crippen LogP contribution in [0.15, 0.2) is 29.6 Å². The second-order valence-corrected chi connectivity index (χ2v) is 10.5. The zero-order valence-electron chi connectivity index (χ0n) is 16.8. The van der Waals surface area contributed by atoms with Gasteiger partial charge in [0.1, 0.15) is 12.4 Å². The lowest BCUT2D eigenvalue weighted by molar-refractivity contribution is -0.0166. The van der Waals surface area contributed by atoms with E-state index in [2.05, 4.69) is 42.7 Å². The van der Waals surface area contributed by atoms with Crippen molar-refractivity contribution >= 4 is 17.2 Å². The average Bonchev–Trinajstić information content (AvgIpc) is 3.07. The van der Waals surface area contributed by atoms with Crippen molar-refractivity contribution in [3.63, 3.8) is 0 Å². The molecule has 1 N–H and O–H groups in total. The summed E-state index contributed by atoms with van der Waals surface area (Å²) in [5.41, 5.74) is 3.55. The molecule has 148 valence electrons. The van der Waals surface area contributed by atoms with E-state index < -0.39 is 0 Å². The van der Waals surface area contributed by atoms with E-state index in [0.29, 0.717) is 6.61 Å². The maximum Gasteiger partial charge on any atom is 0.261 e. The van der Waals surface area contributed by atoms with Crippen LogP contribution in [0.2, 0.25) is 0 Å². The molecule has 0 aliphatic heterocycles. The number of ether oxygens (including phenoxy) is 1. The molecule has 2 aromatic rings. The first-order chi connectivity index (χ1) is 13.5. The molecule has 28 heavy (non-hydrogen) atoms. The summed E-state index contributed by atoms with van der Waals surface area (Å²) >= 11 is 1.54. The quantitative estimate of drug-likeness (QED) is 0.711. The van der Waals surface area contributed by atoms with E-state index >= 15 is 0 Å². The molecular formula is C24H29NO2S. The summed E-state index contributed by atoms with van der Waals surface area (Å²) in [6, 6.07) is 8.26. The van der Waals surface area contributed by atoms with Crippen molar-refractivity contribution in [1.29, 1.82) is 0 Å². The largest absolute Gasteiger partial charge is 0.489 e. The minimum absolute atomic E-state index is 0.0750. The van der Waals surface area contributed by atoms with Gasteiger partial charge in [0, 0.05) is 11.1 Å². The lowest BCUT2D eigenvalue weighted by Crippen LogP contribution is -2.59. The van der Waals surface area contributed by atoms with E-state index in [1.54, 1.807) is 0 Å². The van der Waals surface area contributed by atoms with Gasteiger partial charge >= 0.3 is 0 Å². The van der Waals surface area contributed by atoms with Crippen molar-refractivity contribution in [3.8, 4) is 5.75 Å². The van der Waals surface area contributed by atoms with E-state index in [-0.39, 0.29) is 11.4 Å². The number of carbonyl (C=O) groups is 1. The normalized spacial score (nSPS) is 30.4. The fraction of sp³-hybridized carbons (Fsp3) is 0.542. The Kier molecular flexibility index (Phi) is 4.50. The predicted octanol–water partition coefficient (Wildman–Crippen LogP) is 5.64. The molecule has 0 spiro atoms. The molecule has 0 saturated heterocycles. The first kappa shape index (κ1) is 18.2. The minimum Gasteiger partial charge on any atom is -0.489 e. The van der Waals surface area contributed by atoms with E-state index in [1.165, 1.54) is 61.0 Å². The monoisotopic (exact) mass is 395 g/mol. The summed E-state index contributed by atoms with van der Waals surface area (Å²) in [7, 11) is 0. The molecule has 0 unspecified atom stereocenters. The zero-order valence-corrected chi connectivity index (χ0v) is 17.6. The van der Waals surface area contributed by atoms with Gasteiger partial charge in [-0.25, -0.2) is 0 Å². The Morgan fingerprint density at radius 1 is 1.04 bits per heavy atom. The summed E-state index contributed by atoms with van der Waals surface area (Å²) < 4.78 is 5.96. The summed E-state index contributed by atoms with van der Waals surface area (Å²) in [6.07, 6.45) is 7.77. The molecular weight excluding hydrogens is 366 g/mol. The lowest BCUT2D eigenvalue weighted by Gasteiger charge is -2.56. The van der Waals surface area contributed by atoms with Gasteiger partial charge in [-0.3, -0.25) is 4.79 Å². The van der Waals surface area contributed by atoms with Gasteiger partial charge < -0.3 is 10.1 Å². The van der Waals surface area contributed by atoms with Gasteiger partial charge in [0.2, 0.25) is 0 Å². The smallest absolute Gasteiger partial charge is 0.261 e. The van der Waals surface area contributed by atoms with Gasteiger partial charge in [-0.1, -0.05) is 6.07 Å². The molecule has 0 radical (unpaired) electrons. The molecule has 4 heteroatoms. The summed E-state index contributed by atoms with van der Waals surface area (Å²) in [5, 5.41) is 5.53. The molecule has 3 nitrogen and oxygen atoms in total. The van der Waals surface area contributed by atoms with Gasteiger partial charge in [0.05, 0.1) is 4.88 Å². The number of benzene rings is 1. The lowest BCUT2D eigenvalue weighted by atomic mass is 9.53. The first-order valence-corrected chi connectivity index (χ1v) is 11.5. The number of carbonyl (C=O) groups excluding carboxylic acids is 1. The number of hydrogen-bond acceptors (Lipinski definition) is 3. The molecule has 4 aliphatic carbocycles. The molecule has 0 atom stereocenters. The van der Waals surface area contributed by atoms with Crippen LogP contribution in [-0.2, 0) is 6.61 Å². The second kappa shape index (κ2) is 6.91. The van der Waals surface area contributed by atoms with Crippen LogP contribution in [0.5, 0.6) is 5.75 Å². The third-order valence-electron chi connectivity index (χ3n) is 6.90. The van der Waals surface area contributed by atoms with Gasteiger partial charge in [-0.2, -0.15) is 0 Å². The first-order valence-electron chi connectivity index (χ1n) is 10.6. The average molecular weight is 396 g/mol. The number of rotatable bonds is 5. The SMILES string of the molecule is Cc1cc(C)cc(OCc2csc(C(=O)NC34CC5CC(CC(C5)C3)C4)c2)c1. The third-order valence-corrected chi connectivity index (χ3v) is 7.87. The Hall–Kier alpha value is -1.81. The van der Waals surface area contributed by atoms with E-state index in [0.717, 1.165) is 33.9 Å². The van der Waals surface area contributed by atoms with Crippen molar-refractivity contribution in [3.05, 3.63) is 51.2 Å². The van der Waals surface area contributed by atoms with Gasteiger partial charge in [0.15, 0.2) is 0 Å². The predicted molar refractivity (Wildman–Crippen MR) is 113 cm³/mol. The van der Waals surface area contributed by atoms with E-state index in [4.69, 9.17) is 4.74 Å². The van der Waals surface area contributed by atoms with Crippen molar-refractivity contribution in [2.75, 3.05) is 0 Å². The molecule has 4 aliphatic rings. The topological polar surface area (TPSA) is 38.3 Å². The van der Waals surface area contributed by atoms with E-state index in [1.807, 2.05) is 6.07 Å². The Labute approximate surface area is 171 Å². The Bertz CT molecular complexity index is 844. The van der Waals surface area contributed by atoms with Crippen LogP contribution < -0.4 is 10.1 Å². The minimum atomic E-state index is 0.0750. The molecule has 1 amide bonds. The molecule has 4 fully saturated rings. The summed E-state index contributed by atoms with van der Waals surface area (Å²) in [6.45, 7) is 4.67. The highest BCUT2D eigenvalue weighted by Gasteiger charge is 2.51. The molecule has 1 aromatic heterocycles. The highest BCUT2D eigenvalue weighted by molar-refractivity contribution is 7.12. The van der Waals surface area contributed by atoms with Crippen molar-refractivity contribution in [2.24, 2.45) is 17.8 Å². The Morgan fingerprint density at radius 2 is 1.64 bits per heavy atom. The third kappa shape index (κ3) is 3.59. The highest BCUT2D eigenvalue weighted by atomic mass is 32.1. The zero-order chi connectivity index (χ0) is 19.3. The second-order valence-electron chi connectivity index (χ2n) is 9.58. The van der Waals surface area contributed by atoms with Crippen LogP contribution in [-0.4, -0.2) is 11.4 Å². The summed E-state index contributed by atoms with van der Waals surface area (Å²) in [5.74, 6) is 3.54. The number of amides is 1. The van der Waals surface area contributed by atoms with Gasteiger partial charge in [0.25, 0.3) is 5.91 Å². The fourth-order valence-electron chi connectivity index (χ4n) is 6.32. The van der Waals surface area contributed by atoms with E-state index in [9.17, 15) is 4.79 Å². The Balaban J connectivity index is 1.23. The van der Waals surface area contributed by atoms with Crippen LogP contribution in [0.3, 0.4) is 0 Å². The molecule has 6 rings (SSSR count). The van der Waals surface area contributed by atoms with Crippen LogP contribution in [0.25, 0.3) is 0 Å². The fourth-order valence-corrected chi connectivity index (χ4v) is 7.11. The van der Waals surface area contributed by atoms with Crippen molar-refractivity contribution in [1.82, 2.24) is 5.32 Å². The standard InChI is InChI=1S/C24H29NO2S/c1-15-3-16(2)5-21(4-15)27-13-20-9-22(28-14-20)23(26)25-24-10-17-6-18(11-24)8-19(7-17)12-24/h3-5,9,14,17-19H,6-8,10-13H2,1-2H3,(H,25,26). The molecule has 1 aromatic carbocycles. The number of hydrogen-bond donors (Lipinski definition) is 1. The van der Waals surface area contributed by atoms with Crippen molar-refractivity contribution < 1.29 is 9.53 Å². The maximum atomic E-state index is 13.0. The van der Waals surface area contributed by atoms with Crippen LogP contribution >= 0.6 is 11.3 Å². The Morgan fingerprint density at radius 3 is 2.25 bits per heavy atom. The van der Waals surface area contributed by atoms with Crippen LogP contribution in [0.1, 0.15) is 64.9 Å². The van der Waals surface area contributed by atoms with Crippen LogP contribution in [0.4, 0.5) is 0 Å².